The summed E-state index contributed by atoms with van der Waals surface area (Å²) in [6.07, 6.45) is 5.20. The molecule has 3 amide bonds. The number of likely N-dealkylation sites (N-methyl/N-ethyl adjacent to an activating group) is 1. The Labute approximate surface area is 310 Å². The number of nitriles is 1. The molecule has 1 aromatic heterocycles. The van der Waals surface area contributed by atoms with Crippen molar-refractivity contribution in [2.24, 2.45) is 7.05 Å². The number of rotatable bonds is 11. The van der Waals surface area contributed by atoms with Gasteiger partial charge >= 0.3 is 6.09 Å². The maximum atomic E-state index is 14.8. The van der Waals surface area contributed by atoms with Gasteiger partial charge in [0.05, 0.1) is 23.0 Å². The molecule has 11 nitrogen and oxygen atoms in total. The number of terminal acetylenes is 1. The van der Waals surface area contributed by atoms with Crippen molar-refractivity contribution in [3.05, 3.63) is 91.9 Å². The molecule has 12 heteroatoms. The third-order valence-electron chi connectivity index (χ3n) is 8.93. The van der Waals surface area contributed by atoms with E-state index in [1.807, 2.05) is 13.8 Å². The first kappa shape index (κ1) is 39.5. The first-order valence-corrected chi connectivity index (χ1v) is 17.4. The molecule has 1 aliphatic heterocycles. The quantitative estimate of drug-likeness (QED) is 0.258. The van der Waals surface area contributed by atoms with Gasteiger partial charge in [-0.15, -0.1) is 6.42 Å². The van der Waals surface area contributed by atoms with E-state index >= 15 is 0 Å². The van der Waals surface area contributed by atoms with Crippen molar-refractivity contribution in [1.29, 1.82) is 5.26 Å². The third kappa shape index (κ3) is 8.96. The second-order valence-corrected chi connectivity index (χ2v) is 15.0. The van der Waals surface area contributed by atoms with Crippen LogP contribution in [0.15, 0.2) is 53.3 Å². The van der Waals surface area contributed by atoms with Crippen LogP contribution in [0.25, 0.3) is 0 Å². The molecule has 4 rings (SSSR count). The number of anilines is 1. The van der Waals surface area contributed by atoms with Gasteiger partial charge in [0.2, 0.25) is 11.8 Å². The number of aromatic nitrogens is 1. The zero-order valence-corrected chi connectivity index (χ0v) is 31.8. The fraction of sp³-hybridized carbons (Fsp3) is 0.425. The predicted octanol–water partition coefficient (Wildman–Crippen LogP) is 5.51. The first-order valence-electron chi connectivity index (χ1n) is 17.0. The number of fused-ring (bicyclic) bond motifs is 1. The minimum atomic E-state index is -1.06. The predicted molar refractivity (Wildman–Crippen MR) is 201 cm³/mol. The van der Waals surface area contributed by atoms with Crippen LogP contribution in [-0.2, 0) is 39.6 Å². The molecule has 1 N–H and O–H groups in total. The summed E-state index contributed by atoms with van der Waals surface area (Å²) in [5.74, 6) is 2.07. The molecule has 52 heavy (non-hydrogen) atoms. The highest BCUT2D eigenvalue weighted by molar-refractivity contribution is 6.30. The Morgan fingerprint density at radius 1 is 1.12 bits per heavy atom. The van der Waals surface area contributed by atoms with Crippen molar-refractivity contribution in [2.45, 2.75) is 83.9 Å². The van der Waals surface area contributed by atoms with Crippen LogP contribution in [0, 0.1) is 23.7 Å². The Kier molecular flexibility index (Phi) is 12.1. The number of carbonyl (C=O) groups excluding carboxylic acids is 3. The molecular weight excluding hydrogens is 682 g/mol. The van der Waals surface area contributed by atoms with E-state index in [-0.39, 0.29) is 38.0 Å². The monoisotopic (exact) mass is 727 g/mol. The zero-order chi connectivity index (χ0) is 38.5. The van der Waals surface area contributed by atoms with Crippen LogP contribution in [0.2, 0.25) is 5.02 Å². The lowest BCUT2D eigenvalue weighted by Crippen LogP contribution is -2.56. The average Bonchev–Trinajstić information content (AvgIpc) is 3.35. The van der Waals surface area contributed by atoms with Gasteiger partial charge in [0.25, 0.3) is 5.56 Å². The molecule has 0 bridgehead atoms. The largest absolute Gasteiger partial charge is 0.481 e. The second-order valence-electron chi connectivity index (χ2n) is 14.6. The van der Waals surface area contributed by atoms with E-state index in [2.05, 4.69) is 17.3 Å². The number of hydrogen-bond donors (Lipinski definition) is 1. The van der Waals surface area contributed by atoms with E-state index in [4.69, 9.17) is 27.5 Å². The van der Waals surface area contributed by atoms with Gasteiger partial charge in [0.1, 0.15) is 30.0 Å². The topological polar surface area (TPSA) is 134 Å². The van der Waals surface area contributed by atoms with Crippen LogP contribution < -0.4 is 20.5 Å². The highest BCUT2D eigenvalue weighted by Crippen LogP contribution is 2.40. The van der Waals surface area contributed by atoms with Crippen LogP contribution in [-0.4, -0.2) is 65.3 Å². The average molecular weight is 728 g/mol. The summed E-state index contributed by atoms with van der Waals surface area (Å²) in [4.78, 5) is 58.2. The van der Waals surface area contributed by atoms with E-state index in [0.29, 0.717) is 38.8 Å². The van der Waals surface area contributed by atoms with Gasteiger partial charge in [-0.25, -0.2) is 4.79 Å². The maximum absolute atomic E-state index is 14.8. The van der Waals surface area contributed by atoms with Gasteiger partial charge in [0.15, 0.2) is 0 Å². The standard InChI is InChI=1S/C40H46ClN5O6/c1-10-18-51-30-16-12-25(13-17-30)19-31(43-35(47)32(11-2)44(8)38(50)52-39(3,4)5)37(49)46-24-40(6,7)34-33(46)22-27(36(48)45(34)9)20-26-14-15-29(41)21-28(26)23-42/h1,12-17,21-22,31-32H,11,18-20,24H2,2-9H3,(H,43,47)/t31-,32-/m0/s1. The SMILES string of the molecule is C#CCOc1ccc(C[C@H](NC(=O)[C@H](CC)N(C)C(=O)OC(C)(C)C)C(=O)N2CC(C)(C)c3c2cc(Cc2ccc(Cl)cc2C#N)c(=O)n3C)cc1. The molecule has 3 aromatic rings. The van der Waals surface area contributed by atoms with Crippen LogP contribution >= 0.6 is 11.6 Å². The fourth-order valence-corrected chi connectivity index (χ4v) is 6.69. The molecule has 0 fully saturated rings. The normalized spacial score (nSPS) is 14.3. The van der Waals surface area contributed by atoms with E-state index in [0.717, 1.165) is 5.56 Å². The minimum Gasteiger partial charge on any atom is -0.481 e. The number of pyridine rings is 1. The fourth-order valence-electron chi connectivity index (χ4n) is 6.52. The number of ether oxygens (including phenoxy) is 2. The molecule has 274 valence electrons. The number of amides is 3. The summed E-state index contributed by atoms with van der Waals surface area (Å²) in [7, 11) is 3.17. The summed E-state index contributed by atoms with van der Waals surface area (Å²) >= 11 is 6.13. The Bertz CT molecular complexity index is 1980. The number of halogens is 1. The molecule has 2 atom stereocenters. The number of carbonyl (C=O) groups is 3. The van der Waals surface area contributed by atoms with Crippen molar-refractivity contribution in [1.82, 2.24) is 14.8 Å². The molecule has 0 radical (unpaired) electrons. The van der Waals surface area contributed by atoms with Crippen LogP contribution in [0.4, 0.5) is 10.5 Å². The maximum Gasteiger partial charge on any atom is 0.410 e. The summed E-state index contributed by atoms with van der Waals surface area (Å²) < 4.78 is 12.6. The van der Waals surface area contributed by atoms with E-state index in [9.17, 15) is 24.4 Å². The number of benzene rings is 2. The highest BCUT2D eigenvalue weighted by atomic mass is 35.5. The molecule has 0 unspecified atom stereocenters. The molecule has 0 spiro atoms. The highest BCUT2D eigenvalue weighted by Gasteiger charge is 2.43. The summed E-state index contributed by atoms with van der Waals surface area (Å²) in [6.45, 7) is 11.3. The van der Waals surface area contributed by atoms with E-state index < -0.39 is 41.0 Å². The van der Waals surface area contributed by atoms with Crippen LogP contribution in [0.5, 0.6) is 5.75 Å². The Morgan fingerprint density at radius 3 is 2.38 bits per heavy atom. The third-order valence-corrected chi connectivity index (χ3v) is 9.17. The molecule has 0 saturated heterocycles. The van der Waals surface area contributed by atoms with Gasteiger partial charge in [-0.05, 0) is 68.7 Å². The van der Waals surface area contributed by atoms with Crippen molar-refractivity contribution in [3.63, 3.8) is 0 Å². The minimum absolute atomic E-state index is 0.102. The Hall–Kier alpha value is -5.26. The molecule has 0 saturated carbocycles. The lowest BCUT2D eigenvalue weighted by atomic mass is 9.90. The van der Waals surface area contributed by atoms with Gasteiger partial charge in [0, 0.05) is 49.5 Å². The lowest BCUT2D eigenvalue weighted by Gasteiger charge is -2.31. The molecule has 0 aliphatic carbocycles. The van der Waals surface area contributed by atoms with E-state index in [1.54, 1.807) is 92.7 Å². The van der Waals surface area contributed by atoms with Crippen molar-refractivity contribution < 1.29 is 23.9 Å². The van der Waals surface area contributed by atoms with Crippen molar-refractivity contribution in [3.8, 4) is 24.2 Å². The summed E-state index contributed by atoms with van der Waals surface area (Å²) in [5.41, 5.74) is 1.68. The van der Waals surface area contributed by atoms with Crippen molar-refractivity contribution in [2.75, 3.05) is 25.1 Å². The van der Waals surface area contributed by atoms with Gasteiger partial charge in [-0.2, -0.15) is 5.26 Å². The van der Waals surface area contributed by atoms with Crippen LogP contribution in [0.1, 0.15) is 75.9 Å². The summed E-state index contributed by atoms with van der Waals surface area (Å²) in [6, 6.07) is 13.9. The zero-order valence-electron chi connectivity index (χ0n) is 31.0. The molecule has 2 heterocycles. The molecular formula is C40H46ClN5O6. The van der Waals surface area contributed by atoms with Gasteiger partial charge in [-0.1, -0.05) is 56.5 Å². The molecule has 1 aliphatic rings. The lowest BCUT2D eigenvalue weighted by molar-refractivity contribution is -0.130. The molecule has 2 aromatic carbocycles. The van der Waals surface area contributed by atoms with Crippen molar-refractivity contribution >= 4 is 35.2 Å². The number of nitrogens with zero attached hydrogens (tertiary/aromatic N) is 4. The van der Waals surface area contributed by atoms with E-state index in [1.165, 1.54) is 11.9 Å². The summed E-state index contributed by atoms with van der Waals surface area (Å²) in [5, 5.41) is 13.1. The van der Waals surface area contributed by atoms with Gasteiger partial charge < -0.3 is 24.3 Å². The smallest absolute Gasteiger partial charge is 0.410 e. The van der Waals surface area contributed by atoms with Gasteiger partial charge in [-0.3, -0.25) is 19.3 Å². The number of hydrogen-bond acceptors (Lipinski definition) is 7. The Balaban J connectivity index is 1.74. The van der Waals surface area contributed by atoms with Crippen LogP contribution in [0.3, 0.4) is 0 Å². The number of nitrogens with one attached hydrogen (secondary N) is 1. The first-order chi connectivity index (χ1) is 24.4. The Morgan fingerprint density at radius 2 is 1.79 bits per heavy atom. The second kappa shape index (κ2) is 16.0.